The monoisotopic (exact) mass is 122 g/mol. The van der Waals surface area contributed by atoms with Crippen LogP contribution < -0.4 is 0 Å². The van der Waals surface area contributed by atoms with Crippen molar-refractivity contribution >= 4 is 0 Å². The summed E-state index contributed by atoms with van der Waals surface area (Å²) in [4.78, 5) is 0. The first-order valence-electron chi connectivity index (χ1n) is 3.43. The van der Waals surface area contributed by atoms with Gasteiger partial charge < -0.3 is 0 Å². The molecule has 0 bridgehead atoms. The zero-order valence-corrected chi connectivity index (χ0v) is 6.44. The molecule has 0 rings (SSSR count). The van der Waals surface area contributed by atoms with Crippen LogP contribution >= 0.6 is 0 Å². The van der Waals surface area contributed by atoms with E-state index in [0.29, 0.717) is 5.92 Å². The molecule has 0 aromatic rings. The van der Waals surface area contributed by atoms with Crippen molar-refractivity contribution in [2.45, 2.75) is 27.2 Å². The van der Waals surface area contributed by atoms with Gasteiger partial charge in [-0.1, -0.05) is 38.7 Å². The van der Waals surface area contributed by atoms with Gasteiger partial charge in [-0.3, -0.25) is 0 Å². The maximum atomic E-state index is 3.04. The first-order chi connectivity index (χ1) is 4.27. The molecule has 0 fully saturated rings. The Kier molecular flexibility index (Phi) is 5.01. The highest BCUT2D eigenvalue weighted by Crippen LogP contribution is 1.85. The quantitative estimate of drug-likeness (QED) is 0.469. The lowest BCUT2D eigenvalue weighted by Gasteiger charge is -1.83. The van der Waals surface area contributed by atoms with Crippen LogP contribution in [0.3, 0.4) is 0 Å². The van der Waals surface area contributed by atoms with Crippen molar-refractivity contribution in [1.29, 1.82) is 0 Å². The highest BCUT2D eigenvalue weighted by atomic mass is 13.8. The fourth-order valence-electron chi connectivity index (χ4n) is 0.392. The van der Waals surface area contributed by atoms with Gasteiger partial charge in [0.25, 0.3) is 0 Å². The lowest BCUT2D eigenvalue weighted by molar-refractivity contribution is 0.867. The zero-order valence-electron chi connectivity index (χ0n) is 6.44. The lowest BCUT2D eigenvalue weighted by atomic mass is 10.2. The normalized spacial score (nSPS) is 9.78. The van der Waals surface area contributed by atoms with Crippen LogP contribution in [0.25, 0.3) is 0 Å². The average Bonchev–Trinajstić information content (AvgIpc) is 1.80. The van der Waals surface area contributed by atoms with Crippen LogP contribution in [0.4, 0.5) is 0 Å². The van der Waals surface area contributed by atoms with Gasteiger partial charge in [-0.05, 0) is 12.5 Å². The van der Waals surface area contributed by atoms with Crippen LogP contribution in [0.2, 0.25) is 0 Å². The molecule has 0 aromatic heterocycles. The first-order valence-corrected chi connectivity index (χ1v) is 3.43. The molecule has 0 aliphatic heterocycles. The standard InChI is InChI=1S/C9H14/c1-4-5-6-7-8-9(2)3/h5-6,9H,4H2,1-3H3. The molecule has 0 atom stereocenters. The van der Waals surface area contributed by atoms with Gasteiger partial charge in [0.1, 0.15) is 0 Å². The van der Waals surface area contributed by atoms with E-state index in [1.165, 1.54) is 0 Å². The average molecular weight is 122 g/mol. The SMILES string of the molecule is CCC=CC#CC(C)C. The smallest absolute Gasteiger partial charge is 0.0149 e. The molecule has 0 heteroatoms. The first kappa shape index (κ1) is 8.30. The summed E-state index contributed by atoms with van der Waals surface area (Å²) in [6.07, 6.45) is 5.06. The number of hydrogen-bond donors (Lipinski definition) is 0. The van der Waals surface area contributed by atoms with E-state index in [-0.39, 0.29) is 0 Å². The number of hydrogen-bond acceptors (Lipinski definition) is 0. The third kappa shape index (κ3) is 7.30. The van der Waals surface area contributed by atoms with Gasteiger partial charge >= 0.3 is 0 Å². The Labute approximate surface area is 58.0 Å². The fraction of sp³-hybridized carbons (Fsp3) is 0.556. The van der Waals surface area contributed by atoms with Gasteiger partial charge in [0, 0.05) is 5.92 Å². The van der Waals surface area contributed by atoms with E-state index in [1.807, 2.05) is 6.08 Å². The Hall–Kier alpha value is -0.700. The van der Waals surface area contributed by atoms with Gasteiger partial charge in [-0.25, -0.2) is 0 Å². The predicted octanol–water partition coefficient (Wildman–Crippen LogP) is 2.61. The van der Waals surface area contributed by atoms with E-state index in [1.54, 1.807) is 0 Å². The molecule has 0 N–H and O–H groups in total. The van der Waals surface area contributed by atoms with Gasteiger partial charge in [-0.2, -0.15) is 0 Å². The number of rotatable bonds is 1. The molecule has 50 valence electrons. The van der Waals surface area contributed by atoms with Gasteiger partial charge in [0.05, 0.1) is 0 Å². The Morgan fingerprint density at radius 1 is 1.44 bits per heavy atom. The summed E-state index contributed by atoms with van der Waals surface area (Å²) < 4.78 is 0. The Morgan fingerprint density at radius 3 is 2.56 bits per heavy atom. The second-order valence-corrected chi connectivity index (χ2v) is 2.25. The molecule has 0 nitrogen and oxygen atoms in total. The summed E-state index contributed by atoms with van der Waals surface area (Å²) in [6, 6.07) is 0. The van der Waals surface area contributed by atoms with E-state index in [0.717, 1.165) is 6.42 Å². The molecule has 0 radical (unpaired) electrons. The molecule has 0 saturated heterocycles. The maximum absolute atomic E-state index is 3.04. The van der Waals surface area contributed by atoms with E-state index < -0.39 is 0 Å². The van der Waals surface area contributed by atoms with Crippen molar-refractivity contribution < 1.29 is 0 Å². The van der Waals surface area contributed by atoms with Crippen molar-refractivity contribution in [3.05, 3.63) is 12.2 Å². The molecule has 0 spiro atoms. The van der Waals surface area contributed by atoms with E-state index in [9.17, 15) is 0 Å². The maximum Gasteiger partial charge on any atom is 0.0149 e. The Balaban J connectivity index is 3.49. The van der Waals surface area contributed by atoms with Gasteiger partial charge in [-0.15, -0.1) is 0 Å². The highest BCUT2D eigenvalue weighted by molar-refractivity contribution is 5.15. The summed E-state index contributed by atoms with van der Waals surface area (Å²) in [5.41, 5.74) is 0. The second kappa shape index (κ2) is 5.44. The van der Waals surface area contributed by atoms with Crippen LogP contribution in [0.5, 0.6) is 0 Å². The minimum Gasteiger partial charge on any atom is -0.0957 e. The topological polar surface area (TPSA) is 0 Å². The third-order valence-electron chi connectivity index (χ3n) is 0.809. The molecular formula is C9H14. The molecular weight excluding hydrogens is 108 g/mol. The molecule has 9 heavy (non-hydrogen) atoms. The highest BCUT2D eigenvalue weighted by Gasteiger charge is 1.77. The summed E-state index contributed by atoms with van der Waals surface area (Å²) in [5.74, 6) is 6.49. The molecule has 0 amide bonds. The van der Waals surface area contributed by atoms with Crippen LogP contribution in [0, 0.1) is 17.8 Å². The van der Waals surface area contributed by atoms with Crippen molar-refractivity contribution in [2.24, 2.45) is 5.92 Å². The summed E-state index contributed by atoms with van der Waals surface area (Å²) in [5, 5.41) is 0. The van der Waals surface area contributed by atoms with Crippen molar-refractivity contribution in [3.63, 3.8) is 0 Å². The van der Waals surface area contributed by atoms with E-state index in [2.05, 4.69) is 38.7 Å². The molecule has 0 saturated carbocycles. The summed E-state index contributed by atoms with van der Waals surface area (Å²) >= 11 is 0. The lowest BCUT2D eigenvalue weighted by Crippen LogP contribution is -1.75. The molecule has 0 heterocycles. The van der Waals surface area contributed by atoms with Crippen LogP contribution in [0.15, 0.2) is 12.2 Å². The zero-order chi connectivity index (χ0) is 7.11. The van der Waals surface area contributed by atoms with Crippen LogP contribution in [-0.2, 0) is 0 Å². The molecule has 0 aliphatic carbocycles. The van der Waals surface area contributed by atoms with Crippen molar-refractivity contribution in [3.8, 4) is 11.8 Å². The largest absolute Gasteiger partial charge is 0.0957 e. The van der Waals surface area contributed by atoms with E-state index >= 15 is 0 Å². The molecule has 0 aromatic carbocycles. The van der Waals surface area contributed by atoms with Crippen molar-refractivity contribution in [2.75, 3.05) is 0 Å². The second-order valence-electron chi connectivity index (χ2n) is 2.25. The third-order valence-corrected chi connectivity index (χ3v) is 0.809. The molecule has 0 aliphatic rings. The van der Waals surface area contributed by atoms with E-state index in [4.69, 9.17) is 0 Å². The summed E-state index contributed by atoms with van der Waals surface area (Å²) in [6.45, 7) is 6.28. The minimum atomic E-state index is 0.492. The predicted molar refractivity (Wildman–Crippen MR) is 42.0 cm³/mol. The Morgan fingerprint density at radius 2 is 2.11 bits per heavy atom. The fourth-order valence-corrected chi connectivity index (χ4v) is 0.392. The van der Waals surface area contributed by atoms with Gasteiger partial charge in [0.2, 0.25) is 0 Å². The molecule has 0 unspecified atom stereocenters. The van der Waals surface area contributed by atoms with Gasteiger partial charge in [0.15, 0.2) is 0 Å². The summed E-state index contributed by atoms with van der Waals surface area (Å²) in [7, 11) is 0. The van der Waals surface area contributed by atoms with Crippen LogP contribution in [0.1, 0.15) is 27.2 Å². The van der Waals surface area contributed by atoms with Crippen molar-refractivity contribution in [1.82, 2.24) is 0 Å². The number of allylic oxidation sites excluding steroid dienone is 2. The van der Waals surface area contributed by atoms with Crippen LogP contribution in [-0.4, -0.2) is 0 Å². The Bertz CT molecular complexity index is 130. The minimum absolute atomic E-state index is 0.492.